The molecule has 0 fully saturated rings. The van der Waals surface area contributed by atoms with Crippen LogP contribution in [0.4, 0.5) is 23.0 Å². The van der Waals surface area contributed by atoms with E-state index in [0.717, 1.165) is 58.1 Å². The monoisotopic (exact) mass is 562 g/mol. The lowest BCUT2D eigenvalue weighted by molar-refractivity contribution is -0.114. The van der Waals surface area contributed by atoms with E-state index in [-0.39, 0.29) is 8.64 Å². The van der Waals surface area contributed by atoms with Gasteiger partial charge in [0.2, 0.25) is 5.95 Å². The zero-order valence-corrected chi connectivity index (χ0v) is 24.8. The number of nitrogens with zero attached hydrogens (tertiary/aromatic N) is 5. The van der Waals surface area contributed by atoms with E-state index in [0.29, 0.717) is 31.9 Å². The van der Waals surface area contributed by atoms with E-state index >= 15 is 0 Å². The summed E-state index contributed by atoms with van der Waals surface area (Å²) < 4.78 is 0. The molecule has 9 heteroatoms. The van der Waals surface area contributed by atoms with Crippen LogP contribution in [0.1, 0.15) is 58.1 Å². The number of rotatable bonds is 10. The van der Waals surface area contributed by atoms with E-state index in [9.17, 15) is 10.0 Å². The number of benzene rings is 1. The number of aliphatic hydroxyl groups is 1. The quantitative estimate of drug-likeness (QED) is 0.152. The molecule has 4 rings (SSSR count). The molecule has 222 valence electrons. The van der Waals surface area contributed by atoms with Crippen molar-refractivity contribution in [3.05, 3.63) is 90.0 Å². The summed E-state index contributed by atoms with van der Waals surface area (Å²) >= 11 is 0. The Morgan fingerprint density at radius 1 is 1.22 bits per heavy atom. The van der Waals surface area contributed by atoms with Crippen molar-refractivity contribution in [2.75, 3.05) is 28.4 Å². The van der Waals surface area contributed by atoms with Crippen LogP contribution in [0.2, 0.25) is 0 Å². The molecular weight excluding hydrogens is 516 g/mol. The van der Waals surface area contributed by atoms with Gasteiger partial charge in [-0.1, -0.05) is 24.8 Å². The number of anilines is 4. The molecule has 9 nitrogen and oxygen atoms in total. The summed E-state index contributed by atoms with van der Waals surface area (Å²) in [5.74, 6) is 0.486. The standard InChI is InChI=1S/C28H32N6O2.C4H10O.2H2/c1-5-7-12-34(36)27-19(3)26(17-29-20(27)4)33-13-11-22-16-30-28(32-25(22)18-33)31-23-10-8-9-21(14-23)15-24(35)6-2;1-4(2,3)5;;/h5-6,8-10,14,16-17,36H,1-2,7,11-13,15,18H2,3-4H3,(H,30,31,32);5H,1-3H3;2*1H. The minimum absolute atomic E-state index is 0. The lowest BCUT2D eigenvalue weighted by Gasteiger charge is -2.32. The molecule has 3 heterocycles. The fourth-order valence-electron chi connectivity index (χ4n) is 4.46. The topological polar surface area (TPSA) is 115 Å². The van der Waals surface area contributed by atoms with Crippen molar-refractivity contribution in [2.45, 2.75) is 66.0 Å². The number of nitrogens with one attached hydrogen (secondary N) is 1. The number of carbonyl (C=O) groups is 1. The Hall–Kier alpha value is -4.08. The van der Waals surface area contributed by atoms with Gasteiger partial charge in [0, 0.05) is 39.8 Å². The van der Waals surface area contributed by atoms with Gasteiger partial charge in [0.25, 0.3) is 0 Å². The highest BCUT2D eigenvalue weighted by atomic mass is 16.5. The van der Waals surface area contributed by atoms with E-state index in [2.05, 4.69) is 33.3 Å². The van der Waals surface area contributed by atoms with Crippen LogP contribution in [-0.2, 0) is 24.2 Å². The molecule has 0 atom stereocenters. The van der Waals surface area contributed by atoms with Crippen molar-refractivity contribution in [3.63, 3.8) is 0 Å². The number of aromatic nitrogens is 3. The molecule has 0 unspecified atom stereocenters. The van der Waals surface area contributed by atoms with Crippen LogP contribution in [0.25, 0.3) is 0 Å². The number of allylic oxidation sites excluding steroid dienone is 1. The second-order valence-corrected chi connectivity index (χ2v) is 11.1. The third-order valence-electron chi connectivity index (χ3n) is 6.34. The summed E-state index contributed by atoms with van der Waals surface area (Å²) in [6, 6.07) is 7.66. The number of hydrogen-bond acceptors (Lipinski definition) is 9. The van der Waals surface area contributed by atoms with Gasteiger partial charge in [0.15, 0.2) is 5.78 Å². The molecule has 0 spiro atoms. The smallest absolute Gasteiger partial charge is 0.227 e. The Morgan fingerprint density at radius 2 is 1.95 bits per heavy atom. The second kappa shape index (κ2) is 14.0. The first-order chi connectivity index (χ1) is 19.4. The van der Waals surface area contributed by atoms with Gasteiger partial charge in [-0.2, -0.15) is 0 Å². The van der Waals surface area contributed by atoms with Crippen molar-refractivity contribution >= 4 is 28.8 Å². The summed E-state index contributed by atoms with van der Waals surface area (Å²) in [5.41, 5.74) is 6.77. The first-order valence-electron chi connectivity index (χ1n) is 13.8. The molecule has 0 aliphatic carbocycles. The van der Waals surface area contributed by atoms with Crippen LogP contribution in [0.15, 0.2) is 62.0 Å². The maximum Gasteiger partial charge on any atom is 0.227 e. The highest BCUT2D eigenvalue weighted by molar-refractivity contribution is 5.91. The van der Waals surface area contributed by atoms with Crippen molar-refractivity contribution in [2.24, 2.45) is 0 Å². The van der Waals surface area contributed by atoms with Crippen LogP contribution >= 0.6 is 0 Å². The fourth-order valence-corrected chi connectivity index (χ4v) is 4.46. The zero-order chi connectivity index (χ0) is 30.2. The zero-order valence-electron chi connectivity index (χ0n) is 24.8. The minimum Gasteiger partial charge on any atom is -0.391 e. The second-order valence-electron chi connectivity index (χ2n) is 11.1. The predicted molar refractivity (Wildman–Crippen MR) is 169 cm³/mol. The van der Waals surface area contributed by atoms with Crippen molar-refractivity contribution < 1.29 is 18.0 Å². The SMILES string of the molecule is C=CCCN(O)c1c(C)ncc(N2CCc3cnc(Nc4cccc(CC(=O)C=C)c4)nc3C2)c1C.CC(C)(C)O.[HH].[HH]. The molecule has 3 N–H and O–H groups in total. The van der Waals surface area contributed by atoms with Crippen LogP contribution < -0.4 is 15.3 Å². The fraction of sp³-hybridized carbons (Fsp3) is 0.375. The summed E-state index contributed by atoms with van der Waals surface area (Å²) in [5, 5.41) is 23.7. The van der Waals surface area contributed by atoms with Gasteiger partial charge in [-0.15, -0.1) is 6.58 Å². The van der Waals surface area contributed by atoms with Gasteiger partial charge in [-0.3, -0.25) is 20.0 Å². The number of fused-ring (bicyclic) bond motifs is 1. The first kappa shape index (κ1) is 31.4. The lowest BCUT2D eigenvalue weighted by atomic mass is 10.0. The average Bonchev–Trinajstić information content (AvgIpc) is 2.91. The molecule has 0 saturated carbocycles. The summed E-state index contributed by atoms with van der Waals surface area (Å²) in [7, 11) is 0. The van der Waals surface area contributed by atoms with Gasteiger partial charge >= 0.3 is 0 Å². The average molecular weight is 563 g/mol. The van der Waals surface area contributed by atoms with E-state index in [1.165, 1.54) is 11.1 Å². The van der Waals surface area contributed by atoms with Gasteiger partial charge in [-0.05, 0) is 76.8 Å². The van der Waals surface area contributed by atoms with Crippen LogP contribution in [0.3, 0.4) is 0 Å². The highest BCUT2D eigenvalue weighted by Crippen LogP contribution is 2.33. The van der Waals surface area contributed by atoms with Crippen LogP contribution in [-0.4, -0.2) is 49.7 Å². The Kier molecular flexibility index (Phi) is 10.7. The number of pyridine rings is 1. The lowest BCUT2D eigenvalue weighted by Crippen LogP contribution is -2.33. The Morgan fingerprint density at radius 3 is 2.63 bits per heavy atom. The van der Waals surface area contributed by atoms with E-state index < -0.39 is 5.60 Å². The predicted octanol–water partition coefficient (Wildman–Crippen LogP) is 6.13. The van der Waals surface area contributed by atoms with Gasteiger partial charge in [0.05, 0.1) is 41.1 Å². The molecular formula is C32H46N6O3. The third kappa shape index (κ3) is 9.23. The molecule has 0 radical (unpaired) electrons. The van der Waals surface area contributed by atoms with E-state index in [1.54, 1.807) is 26.8 Å². The highest BCUT2D eigenvalue weighted by Gasteiger charge is 2.23. The molecule has 2 aromatic heterocycles. The molecule has 1 aliphatic heterocycles. The Balaban J connectivity index is 0.00000122. The minimum atomic E-state index is -0.500. The maximum atomic E-state index is 11.7. The molecule has 0 saturated heterocycles. The number of aryl methyl sites for hydroxylation is 1. The molecule has 1 aromatic carbocycles. The molecule has 41 heavy (non-hydrogen) atoms. The first-order valence-corrected chi connectivity index (χ1v) is 13.8. The Labute approximate surface area is 246 Å². The number of hydrogen-bond donors (Lipinski definition) is 3. The number of hydroxylamine groups is 1. The molecule has 0 amide bonds. The number of carbonyl (C=O) groups excluding carboxylic acids is 1. The summed E-state index contributed by atoms with van der Waals surface area (Å²) in [6.45, 7) is 18.3. The maximum absolute atomic E-state index is 11.7. The normalized spacial score (nSPS) is 12.5. The summed E-state index contributed by atoms with van der Waals surface area (Å²) in [6.07, 6.45) is 8.68. The van der Waals surface area contributed by atoms with Crippen LogP contribution in [0.5, 0.6) is 0 Å². The van der Waals surface area contributed by atoms with E-state index in [4.69, 9.17) is 10.1 Å². The Bertz CT molecular complexity index is 1390. The van der Waals surface area contributed by atoms with Gasteiger partial charge in [-0.25, -0.2) is 9.97 Å². The largest absolute Gasteiger partial charge is 0.391 e. The van der Waals surface area contributed by atoms with Crippen LogP contribution in [0, 0.1) is 13.8 Å². The van der Waals surface area contributed by atoms with E-state index in [1.807, 2.05) is 50.5 Å². The van der Waals surface area contributed by atoms with Crippen molar-refractivity contribution in [3.8, 4) is 0 Å². The van der Waals surface area contributed by atoms with Crippen molar-refractivity contribution in [1.82, 2.24) is 15.0 Å². The molecule has 0 bridgehead atoms. The third-order valence-corrected chi connectivity index (χ3v) is 6.34. The van der Waals surface area contributed by atoms with Crippen molar-refractivity contribution in [1.29, 1.82) is 0 Å². The molecule has 1 aliphatic rings. The van der Waals surface area contributed by atoms with Gasteiger partial charge < -0.3 is 15.3 Å². The van der Waals surface area contributed by atoms with Gasteiger partial charge in [0.1, 0.15) is 0 Å². The molecule has 3 aromatic rings. The summed E-state index contributed by atoms with van der Waals surface area (Å²) in [4.78, 5) is 27.8. The number of ketones is 1.